The number of hydrogen-bond donors (Lipinski definition) is 1. The number of aliphatic imine (C=N–C) groups is 1. The van der Waals surface area contributed by atoms with E-state index in [2.05, 4.69) is 10.3 Å². The van der Waals surface area contributed by atoms with Crippen molar-refractivity contribution < 1.29 is 44.3 Å². The van der Waals surface area contributed by atoms with Crippen molar-refractivity contribution in [1.82, 2.24) is 5.32 Å². The molecule has 0 saturated carbocycles. The number of unbranched alkanes of at least 4 members (excludes halogenated alkanes) is 1. The van der Waals surface area contributed by atoms with E-state index in [0.29, 0.717) is 18.4 Å². The van der Waals surface area contributed by atoms with Crippen molar-refractivity contribution in [2.45, 2.75) is 31.6 Å². The monoisotopic (exact) mass is 282 g/mol. The molecule has 20 heavy (non-hydrogen) atoms. The van der Waals surface area contributed by atoms with Crippen molar-refractivity contribution in [2.24, 2.45) is 4.99 Å². The van der Waals surface area contributed by atoms with Crippen molar-refractivity contribution in [2.75, 3.05) is 0 Å². The van der Waals surface area contributed by atoms with Crippen LogP contribution in [0.15, 0.2) is 35.3 Å². The van der Waals surface area contributed by atoms with Gasteiger partial charge in [-0.1, -0.05) is 50.1 Å². The number of amides is 3. The Morgan fingerprint density at radius 1 is 1.25 bits per heavy atom. The smallest absolute Gasteiger partial charge is 0.861 e. The fourth-order valence-electron chi connectivity index (χ4n) is 2.30. The van der Waals surface area contributed by atoms with Crippen LogP contribution in [-0.2, 0) is 10.2 Å². The van der Waals surface area contributed by atoms with Gasteiger partial charge >= 0.3 is 35.6 Å². The van der Waals surface area contributed by atoms with Gasteiger partial charge in [0.15, 0.2) is 0 Å². The van der Waals surface area contributed by atoms with Crippen molar-refractivity contribution in [3.63, 3.8) is 0 Å². The normalized spacial score (nSPS) is 21.8. The number of rotatable bonds is 4. The minimum atomic E-state index is -1.36. The first-order valence-corrected chi connectivity index (χ1v) is 6.28. The molecule has 1 unspecified atom stereocenters. The van der Waals surface area contributed by atoms with E-state index in [-0.39, 0.29) is 29.6 Å². The maximum atomic E-state index is 12.2. The van der Waals surface area contributed by atoms with Gasteiger partial charge in [0, 0.05) is 0 Å². The SMILES string of the molecule is CCCCC1(c2ccccc2)C(=O)NC(=O)N=C1[O-].[Na+]. The number of nitrogens with one attached hydrogen (secondary N) is 1. The van der Waals surface area contributed by atoms with Crippen LogP contribution in [0, 0.1) is 0 Å². The van der Waals surface area contributed by atoms with Crippen LogP contribution in [0.3, 0.4) is 0 Å². The molecule has 0 aliphatic carbocycles. The molecule has 0 radical (unpaired) electrons. The Bertz CT molecular complexity index is 530. The van der Waals surface area contributed by atoms with Gasteiger partial charge in [-0.15, -0.1) is 0 Å². The molecule has 0 saturated heterocycles. The summed E-state index contributed by atoms with van der Waals surface area (Å²) >= 11 is 0. The second kappa shape index (κ2) is 7.02. The Balaban J connectivity index is 0.00000200. The zero-order valence-electron chi connectivity index (χ0n) is 11.7. The first-order valence-electron chi connectivity index (χ1n) is 6.28. The van der Waals surface area contributed by atoms with Crippen molar-refractivity contribution in [3.05, 3.63) is 35.9 Å². The molecule has 0 spiro atoms. The van der Waals surface area contributed by atoms with Crippen LogP contribution in [0.4, 0.5) is 4.79 Å². The van der Waals surface area contributed by atoms with Crippen LogP contribution >= 0.6 is 0 Å². The Morgan fingerprint density at radius 3 is 2.45 bits per heavy atom. The fraction of sp³-hybridized carbons (Fsp3) is 0.357. The van der Waals surface area contributed by atoms with E-state index in [1.54, 1.807) is 24.3 Å². The van der Waals surface area contributed by atoms with Gasteiger partial charge in [0.2, 0.25) is 5.91 Å². The minimum Gasteiger partial charge on any atom is -0.861 e. The van der Waals surface area contributed by atoms with Gasteiger partial charge < -0.3 is 5.11 Å². The second-order valence-electron chi connectivity index (χ2n) is 4.55. The summed E-state index contributed by atoms with van der Waals surface area (Å²) in [7, 11) is 0. The molecule has 1 aliphatic heterocycles. The Morgan fingerprint density at radius 2 is 1.90 bits per heavy atom. The molecule has 6 heteroatoms. The molecule has 1 aliphatic rings. The van der Waals surface area contributed by atoms with E-state index in [9.17, 15) is 14.7 Å². The number of carbonyl (C=O) groups excluding carboxylic acids is 2. The maximum Gasteiger partial charge on any atom is 1.00 e. The van der Waals surface area contributed by atoms with E-state index in [1.807, 2.05) is 13.0 Å². The summed E-state index contributed by atoms with van der Waals surface area (Å²) < 4.78 is 0. The zero-order valence-corrected chi connectivity index (χ0v) is 13.7. The van der Waals surface area contributed by atoms with Crippen LogP contribution in [0.2, 0.25) is 0 Å². The molecule has 1 N–H and O–H groups in total. The summed E-state index contributed by atoms with van der Waals surface area (Å²) in [5.41, 5.74) is -0.771. The minimum absolute atomic E-state index is 0. The van der Waals surface area contributed by atoms with Crippen molar-refractivity contribution in [3.8, 4) is 0 Å². The number of urea groups is 1. The van der Waals surface area contributed by atoms with E-state index >= 15 is 0 Å². The standard InChI is InChI=1S/C14H16N2O3.Na/c1-2-3-9-14(10-7-5-4-6-8-10)11(17)15-13(19)16-12(14)18;/h4-8H,2-3,9H2,1H3,(H2,15,16,17,18,19);/q;+1/p-1. The molecule has 5 nitrogen and oxygen atoms in total. The van der Waals surface area contributed by atoms with Crippen LogP contribution in [0.25, 0.3) is 0 Å². The summed E-state index contributed by atoms with van der Waals surface area (Å²) in [4.78, 5) is 26.8. The molecule has 0 bridgehead atoms. The fourth-order valence-corrected chi connectivity index (χ4v) is 2.30. The first-order chi connectivity index (χ1) is 9.11. The average molecular weight is 282 g/mol. The van der Waals surface area contributed by atoms with Crippen molar-refractivity contribution >= 4 is 17.8 Å². The maximum absolute atomic E-state index is 12.2. The predicted octanol–water partition coefficient (Wildman–Crippen LogP) is -1.87. The van der Waals surface area contributed by atoms with Crippen LogP contribution in [0.1, 0.15) is 31.7 Å². The van der Waals surface area contributed by atoms with Gasteiger partial charge in [0.1, 0.15) is 5.41 Å². The molecule has 1 atom stereocenters. The topological polar surface area (TPSA) is 81.6 Å². The number of carbonyl (C=O) groups is 2. The molecule has 0 aromatic heterocycles. The summed E-state index contributed by atoms with van der Waals surface area (Å²) in [6.07, 6.45) is 1.91. The van der Waals surface area contributed by atoms with E-state index < -0.39 is 23.3 Å². The van der Waals surface area contributed by atoms with Crippen LogP contribution < -0.4 is 40.0 Å². The third-order valence-corrected chi connectivity index (χ3v) is 3.35. The van der Waals surface area contributed by atoms with Gasteiger partial charge in [0.25, 0.3) is 0 Å². The van der Waals surface area contributed by atoms with Crippen LogP contribution in [0.5, 0.6) is 0 Å². The third kappa shape index (κ3) is 2.95. The van der Waals surface area contributed by atoms with Gasteiger partial charge in [-0.3, -0.25) is 10.1 Å². The number of hydrogen-bond acceptors (Lipinski definition) is 3. The number of imide groups is 1. The summed E-state index contributed by atoms with van der Waals surface area (Å²) in [6, 6.07) is 7.90. The molecular formula is C14H15N2NaO3. The molecule has 1 aromatic rings. The molecule has 3 amide bonds. The predicted molar refractivity (Wildman–Crippen MR) is 68.6 cm³/mol. The quantitative estimate of drug-likeness (QED) is 0.657. The molecule has 1 aromatic carbocycles. The first kappa shape index (κ1) is 16.9. The molecular weight excluding hydrogens is 267 g/mol. The number of benzene rings is 1. The van der Waals surface area contributed by atoms with E-state index in [4.69, 9.17) is 0 Å². The Hall–Kier alpha value is -1.17. The molecule has 100 valence electrons. The molecule has 2 rings (SSSR count). The molecule has 1 heterocycles. The number of nitrogens with zero attached hydrogens (tertiary/aromatic N) is 1. The van der Waals surface area contributed by atoms with Gasteiger partial charge in [-0.2, -0.15) is 0 Å². The van der Waals surface area contributed by atoms with E-state index in [0.717, 1.165) is 6.42 Å². The zero-order chi connectivity index (χ0) is 13.9. The molecule has 0 fully saturated rings. The average Bonchev–Trinajstić information content (AvgIpc) is 2.39. The van der Waals surface area contributed by atoms with Gasteiger partial charge in [-0.25, -0.2) is 9.79 Å². The Kier molecular flexibility index (Phi) is 5.92. The van der Waals surface area contributed by atoms with Crippen molar-refractivity contribution in [1.29, 1.82) is 0 Å². The van der Waals surface area contributed by atoms with Gasteiger partial charge in [-0.05, 0) is 17.9 Å². The Labute approximate surface area is 139 Å². The van der Waals surface area contributed by atoms with Crippen LogP contribution in [-0.4, -0.2) is 17.8 Å². The van der Waals surface area contributed by atoms with E-state index in [1.165, 1.54) is 0 Å². The largest absolute Gasteiger partial charge is 1.00 e. The summed E-state index contributed by atoms with van der Waals surface area (Å²) in [6.45, 7) is 1.98. The summed E-state index contributed by atoms with van der Waals surface area (Å²) in [5, 5.41) is 14.3. The second-order valence-corrected chi connectivity index (χ2v) is 4.55. The third-order valence-electron chi connectivity index (χ3n) is 3.35. The van der Waals surface area contributed by atoms with Gasteiger partial charge in [0.05, 0.1) is 0 Å². The summed E-state index contributed by atoms with van der Waals surface area (Å²) in [5.74, 6) is -1.24.